The highest BCUT2D eigenvalue weighted by atomic mass is 79.9. The number of ether oxygens (including phenoxy) is 2. The fraction of sp³-hybridized carbons (Fsp3) is 0.308. The summed E-state index contributed by atoms with van der Waals surface area (Å²) in [7, 11) is 0. The van der Waals surface area contributed by atoms with Gasteiger partial charge in [-0.3, -0.25) is 0 Å². The molecular weight excluding hydrogens is 460 g/mol. The Balaban J connectivity index is 2.49. The molecule has 0 saturated heterocycles. The first-order valence-corrected chi connectivity index (χ1v) is 7.97. The summed E-state index contributed by atoms with van der Waals surface area (Å²) in [5.74, 6) is 0.0435. The third-order valence-corrected chi connectivity index (χ3v) is 5.52. The van der Waals surface area contributed by atoms with Crippen LogP contribution in [0.1, 0.15) is 6.92 Å². The second kappa shape index (κ2) is 8.17. The standard InChI is InChI=1S/C13H13Br3O4/c1-7(2)13(18)20-6-8(17)5-19-10-4-3-9(14)11(15)12(10)16/h3-4,8,17H,1,5-6H2,2H3. The van der Waals surface area contributed by atoms with Crippen molar-refractivity contribution < 1.29 is 19.4 Å². The van der Waals surface area contributed by atoms with Gasteiger partial charge < -0.3 is 14.6 Å². The Labute approximate surface area is 142 Å². The van der Waals surface area contributed by atoms with E-state index < -0.39 is 12.1 Å². The average molecular weight is 473 g/mol. The van der Waals surface area contributed by atoms with Crippen LogP contribution in [-0.2, 0) is 9.53 Å². The van der Waals surface area contributed by atoms with Gasteiger partial charge in [0, 0.05) is 14.5 Å². The number of hydrogen-bond acceptors (Lipinski definition) is 4. The van der Waals surface area contributed by atoms with Crippen molar-refractivity contribution in [2.24, 2.45) is 0 Å². The first-order chi connectivity index (χ1) is 9.32. The summed E-state index contributed by atoms with van der Waals surface area (Å²) in [6, 6.07) is 3.57. The summed E-state index contributed by atoms with van der Waals surface area (Å²) in [6.45, 7) is 4.87. The number of aliphatic hydroxyl groups excluding tert-OH is 1. The van der Waals surface area contributed by atoms with Crippen molar-refractivity contribution in [3.05, 3.63) is 37.7 Å². The molecule has 1 aromatic carbocycles. The molecule has 0 bridgehead atoms. The van der Waals surface area contributed by atoms with Gasteiger partial charge in [-0.25, -0.2) is 4.79 Å². The third-order valence-electron chi connectivity index (χ3n) is 2.19. The van der Waals surface area contributed by atoms with Gasteiger partial charge in [-0.05, 0) is 66.8 Å². The predicted octanol–water partition coefficient (Wildman–Crippen LogP) is 3.83. The lowest BCUT2D eigenvalue weighted by Crippen LogP contribution is -2.25. The van der Waals surface area contributed by atoms with Gasteiger partial charge in [0.1, 0.15) is 25.1 Å². The molecule has 110 valence electrons. The molecule has 0 aliphatic rings. The zero-order chi connectivity index (χ0) is 15.3. The summed E-state index contributed by atoms with van der Waals surface area (Å²) in [5.41, 5.74) is 0.290. The molecule has 7 heteroatoms. The number of esters is 1. The molecule has 0 fully saturated rings. The van der Waals surface area contributed by atoms with Crippen LogP contribution in [0.2, 0.25) is 0 Å². The highest BCUT2D eigenvalue weighted by molar-refractivity contribution is 9.14. The molecule has 0 aromatic heterocycles. The van der Waals surface area contributed by atoms with Crippen LogP contribution < -0.4 is 4.74 Å². The maximum Gasteiger partial charge on any atom is 0.333 e. The van der Waals surface area contributed by atoms with E-state index in [1.54, 1.807) is 13.0 Å². The molecule has 0 amide bonds. The number of carbonyl (C=O) groups is 1. The summed E-state index contributed by atoms with van der Waals surface area (Å²) in [6.07, 6.45) is -0.910. The summed E-state index contributed by atoms with van der Waals surface area (Å²) in [5, 5.41) is 9.69. The Morgan fingerprint density at radius 2 is 1.95 bits per heavy atom. The number of rotatable bonds is 6. The van der Waals surface area contributed by atoms with E-state index in [-0.39, 0.29) is 18.8 Å². The van der Waals surface area contributed by atoms with Crippen LogP contribution in [0.5, 0.6) is 5.75 Å². The van der Waals surface area contributed by atoms with Gasteiger partial charge in [0.2, 0.25) is 0 Å². The minimum Gasteiger partial charge on any atom is -0.490 e. The number of benzene rings is 1. The van der Waals surface area contributed by atoms with E-state index in [1.165, 1.54) is 0 Å². The van der Waals surface area contributed by atoms with E-state index in [0.29, 0.717) is 5.75 Å². The quantitative estimate of drug-likeness (QED) is 0.388. The topological polar surface area (TPSA) is 55.8 Å². The highest BCUT2D eigenvalue weighted by Crippen LogP contribution is 2.37. The third kappa shape index (κ3) is 5.20. The lowest BCUT2D eigenvalue weighted by molar-refractivity contribution is -0.142. The lowest BCUT2D eigenvalue weighted by atomic mass is 10.3. The van der Waals surface area contributed by atoms with Crippen molar-refractivity contribution in [1.82, 2.24) is 0 Å². The average Bonchev–Trinajstić information content (AvgIpc) is 2.41. The van der Waals surface area contributed by atoms with Crippen LogP contribution in [0, 0.1) is 0 Å². The predicted molar refractivity (Wildman–Crippen MR) is 86.8 cm³/mol. The highest BCUT2D eigenvalue weighted by Gasteiger charge is 2.13. The van der Waals surface area contributed by atoms with Crippen molar-refractivity contribution in [3.8, 4) is 5.75 Å². The summed E-state index contributed by atoms with van der Waals surface area (Å²) in [4.78, 5) is 11.2. The Kier molecular flexibility index (Phi) is 7.22. The molecule has 1 aromatic rings. The van der Waals surface area contributed by atoms with E-state index in [9.17, 15) is 9.90 Å². The van der Waals surface area contributed by atoms with Crippen LogP contribution in [0.4, 0.5) is 0 Å². The first kappa shape index (κ1) is 17.7. The van der Waals surface area contributed by atoms with Gasteiger partial charge in [0.15, 0.2) is 0 Å². The molecule has 0 saturated carbocycles. The molecule has 0 spiro atoms. The number of halogens is 3. The normalized spacial score (nSPS) is 11.8. The van der Waals surface area contributed by atoms with E-state index in [4.69, 9.17) is 9.47 Å². The molecule has 1 rings (SSSR count). The van der Waals surface area contributed by atoms with Gasteiger partial charge in [-0.15, -0.1) is 0 Å². The maximum absolute atomic E-state index is 11.2. The summed E-state index contributed by atoms with van der Waals surface area (Å²) >= 11 is 10.1. The van der Waals surface area contributed by atoms with Gasteiger partial charge in [0.25, 0.3) is 0 Å². The molecule has 4 nitrogen and oxygen atoms in total. The fourth-order valence-corrected chi connectivity index (χ4v) is 2.53. The molecule has 1 unspecified atom stereocenters. The fourth-order valence-electron chi connectivity index (χ4n) is 1.15. The van der Waals surface area contributed by atoms with E-state index in [2.05, 4.69) is 54.4 Å². The molecule has 1 atom stereocenters. The second-order valence-electron chi connectivity index (χ2n) is 4.02. The van der Waals surface area contributed by atoms with E-state index in [0.717, 1.165) is 13.4 Å². The monoisotopic (exact) mass is 470 g/mol. The number of hydrogen-bond donors (Lipinski definition) is 1. The van der Waals surface area contributed by atoms with Crippen LogP contribution >= 0.6 is 47.8 Å². The van der Waals surface area contributed by atoms with E-state index >= 15 is 0 Å². The molecule has 1 N–H and O–H groups in total. The SMILES string of the molecule is C=C(C)C(=O)OCC(O)COc1ccc(Br)c(Br)c1Br. The molecule has 20 heavy (non-hydrogen) atoms. The largest absolute Gasteiger partial charge is 0.490 e. The number of aliphatic hydroxyl groups is 1. The van der Waals surface area contributed by atoms with Crippen molar-refractivity contribution in [3.63, 3.8) is 0 Å². The molecule has 0 aliphatic heterocycles. The Morgan fingerprint density at radius 3 is 2.55 bits per heavy atom. The Morgan fingerprint density at radius 1 is 1.30 bits per heavy atom. The lowest BCUT2D eigenvalue weighted by Gasteiger charge is -2.14. The molecule has 0 aliphatic carbocycles. The molecular formula is C13H13Br3O4. The van der Waals surface area contributed by atoms with Crippen LogP contribution in [0.25, 0.3) is 0 Å². The number of carbonyl (C=O) groups excluding carboxylic acids is 1. The minimum absolute atomic E-state index is 0.0101. The van der Waals surface area contributed by atoms with Crippen molar-refractivity contribution in [1.29, 1.82) is 0 Å². The summed E-state index contributed by atoms with van der Waals surface area (Å²) < 4.78 is 12.7. The van der Waals surface area contributed by atoms with Crippen LogP contribution in [-0.4, -0.2) is 30.4 Å². The van der Waals surface area contributed by atoms with Crippen molar-refractivity contribution in [2.45, 2.75) is 13.0 Å². The maximum atomic E-state index is 11.2. The van der Waals surface area contributed by atoms with Crippen molar-refractivity contribution in [2.75, 3.05) is 13.2 Å². The van der Waals surface area contributed by atoms with Crippen LogP contribution in [0.3, 0.4) is 0 Å². The smallest absolute Gasteiger partial charge is 0.333 e. The van der Waals surface area contributed by atoms with Gasteiger partial charge in [-0.1, -0.05) is 6.58 Å². The first-order valence-electron chi connectivity index (χ1n) is 5.60. The van der Waals surface area contributed by atoms with E-state index in [1.807, 2.05) is 6.07 Å². The van der Waals surface area contributed by atoms with Gasteiger partial charge >= 0.3 is 5.97 Å². The minimum atomic E-state index is -0.910. The molecule has 0 radical (unpaired) electrons. The Hall–Kier alpha value is -0.370. The van der Waals surface area contributed by atoms with Crippen LogP contribution in [0.15, 0.2) is 37.7 Å². The zero-order valence-corrected chi connectivity index (χ0v) is 15.4. The molecule has 0 heterocycles. The Bertz CT molecular complexity index is 517. The van der Waals surface area contributed by atoms with Gasteiger partial charge in [0.05, 0.1) is 4.47 Å². The zero-order valence-electron chi connectivity index (χ0n) is 10.7. The van der Waals surface area contributed by atoms with Gasteiger partial charge in [-0.2, -0.15) is 0 Å². The second-order valence-corrected chi connectivity index (χ2v) is 6.46. The van der Waals surface area contributed by atoms with Crippen molar-refractivity contribution >= 4 is 53.8 Å².